The Labute approximate surface area is 73.4 Å². The van der Waals surface area contributed by atoms with E-state index in [0.717, 1.165) is 0 Å². The number of alkyl halides is 1. The van der Waals surface area contributed by atoms with Crippen LogP contribution in [0.15, 0.2) is 29.4 Å². The molecule has 0 bridgehead atoms. The maximum atomic E-state index is 3.98. The lowest BCUT2D eigenvalue weighted by atomic mass is 10.1. The quantitative estimate of drug-likeness (QED) is 0.515. The molecule has 11 heavy (non-hydrogen) atoms. The van der Waals surface area contributed by atoms with Gasteiger partial charge in [-0.2, -0.15) is 5.10 Å². The highest BCUT2D eigenvalue weighted by Gasteiger charge is 2.11. The second-order valence-electron chi connectivity index (χ2n) is 2.38. The summed E-state index contributed by atoms with van der Waals surface area (Å²) in [5.74, 6) is 0. The summed E-state index contributed by atoms with van der Waals surface area (Å²) in [6, 6.07) is 8.16. The summed E-state index contributed by atoms with van der Waals surface area (Å²) in [5, 5.41) is 3.98. The van der Waals surface area contributed by atoms with Gasteiger partial charge in [-0.3, -0.25) is 5.43 Å². The zero-order valence-electron chi connectivity index (χ0n) is 5.79. The summed E-state index contributed by atoms with van der Waals surface area (Å²) in [6.45, 7) is 0. The monoisotopic (exact) mass is 210 g/mol. The average Bonchev–Trinajstić information content (AvgIpc) is 2.06. The van der Waals surface area contributed by atoms with Crippen LogP contribution in [0.5, 0.6) is 0 Å². The van der Waals surface area contributed by atoms with Crippen molar-refractivity contribution in [3.05, 3.63) is 35.4 Å². The summed E-state index contributed by atoms with van der Waals surface area (Å²) in [5.41, 5.74) is 5.34. The van der Waals surface area contributed by atoms with Gasteiger partial charge in [0, 0.05) is 5.56 Å². The predicted molar refractivity (Wildman–Crippen MR) is 48.8 cm³/mol. The summed E-state index contributed by atoms with van der Waals surface area (Å²) in [4.78, 5) is 0.156. The Balaban J connectivity index is 2.54. The van der Waals surface area contributed by atoms with Crippen LogP contribution in [0.25, 0.3) is 0 Å². The topological polar surface area (TPSA) is 24.4 Å². The minimum absolute atomic E-state index is 0.156. The number of benzene rings is 1. The summed E-state index contributed by atoms with van der Waals surface area (Å²) in [6.07, 6.45) is 1.83. The van der Waals surface area contributed by atoms with E-state index >= 15 is 0 Å². The van der Waals surface area contributed by atoms with Gasteiger partial charge in [-0.15, -0.1) is 0 Å². The summed E-state index contributed by atoms with van der Waals surface area (Å²) < 4.78 is 0. The molecule has 0 aliphatic carbocycles. The van der Waals surface area contributed by atoms with Crippen LogP contribution >= 0.6 is 15.9 Å². The molecule has 1 heterocycles. The van der Waals surface area contributed by atoms with Crippen molar-refractivity contribution >= 4 is 22.1 Å². The Morgan fingerprint density at radius 2 is 2.18 bits per heavy atom. The first kappa shape index (κ1) is 6.85. The van der Waals surface area contributed by atoms with Gasteiger partial charge in [0.15, 0.2) is 0 Å². The first-order chi connectivity index (χ1) is 5.38. The van der Waals surface area contributed by atoms with Crippen molar-refractivity contribution < 1.29 is 0 Å². The lowest BCUT2D eigenvalue weighted by Gasteiger charge is -2.16. The van der Waals surface area contributed by atoms with Gasteiger partial charge in [0.25, 0.3) is 0 Å². The van der Waals surface area contributed by atoms with Crippen molar-refractivity contribution in [2.75, 3.05) is 0 Å². The van der Waals surface area contributed by atoms with E-state index in [4.69, 9.17) is 0 Å². The zero-order valence-corrected chi connectivity index (χ0v) is 7.38. The fourth-order valence-electron chi connectivity index (χ4n) is 1.10. The van der Waals surface area contributed by atoms with E-state index in [-0.39, 0.29) is 4.95 Å². The molecule has 2 rings (SSSR count). The third-order valence-corrected chi connectivity index (χ3v) is 2.36. The van der Waals surface area contributed by atoms with Gasteiger partial charge in [0.05, 0.1) is 6.21 Å². The SMILES string of the molecule is BrC1NN=Cc2ccccc21. The Morgan fingerprint density at radius 1 is 1.36 bits per heavy atom. The van der Waals surface area contributed by atoms with Crippen LogP contribution < -0.4 is 5.43 Å². The standard InChI is InChI=1S/C8H7BrN2/c9-8-7-4-2-1-3-6(7)5-10-11-8/h1-5,8,11H. The molecule has 0 saturated heterocycles. The van der Waals surface area contributed by atoms with E-state index in [2.05, 4.69) is 32.5 Å². The van der Waals surface area contributed by atoms with Gasteiger partial charge in [-0.25, -0.2) is 0 Å². The highest BCUT2D eigenvalue weighted by molar-refractivity contribution is 9.09. The highest BCUT2D eigenvalue weighted by Crippen LogP contribution is 2.24. The zero-order chi connectivity index (χ0) is 7.68. The normalized spacial score (nSPS) is 20.6. The fourth-order valence-corrected chi connectivity index (χ4v) is 1.64. The molecule has 3 heteroatoms. The van der Waals surface area contributed by atoms with Gasteiger partial charge >= 0.3 is 0 Å². The molecule has 0 amide bonds. The van der Waals surface area contributed by atoms with Crippen molar-refractivity contribution in [1.29, 1.82) is 0 Å². The number of hydrogen-bond donors (Lipinski definition) is 1. The summed E-state index contributed by atoms with van der Waals surface area (Å²) in [7, 11) is 0. The van der Waals surface area contributed by atoms with Crippen LogP contribution in [-0.2, 0) is 0 Å². The molecule has 1 aromatic carbocycles. The highest BCUT2D eigenvalue weighted by atomic mass is 79.9. The molecule has 1 aliphatic rings. The Hall–Kier alpha value is -0.830. The molecule has 56 valence electrons. The molecule has 0 radical (unpaired) electrons. The van der Waals surface area contributed by atoms with E-state index in [9.17, 15) is 0 Å². The lowest BCUT2D eigenvalue weighted by molar-refractivity contribution is 0.727. The van der Waals surface area contributed by atoms with E-state index in [0.29, 0.717) is 0 Å². The Kier molecular flexibility index (Phi) is 1.66. The molecule has 1 aliphatic heterocycles. The van der Waals surface area contributed by atoms with E-state index in [1.807, 2.05) is 24.4 Å². The molecule has 0 spiro atoms. The molecule has 1 aromatic rings. The lowest BCUT2D eigenvalue weighted by Crippen LogP contribution is -2.16. The average molecular weight is 211 g/mol. The predicted octanol–water partition coefficient (Wildman–Crippen LogP) is 2.02. The first-order valence-corrected chi connectivity index (χ1v) is 4.31. The van der Waals surface area contributed by atoms with Crippen LogP contribution in [0, 0.1) is 0 Å². The molecule has 2 nitrogen and oxygen atoms in total. The Bertz CT molecular complexity index is 296. The number of hydrazone groups is 1. The molecular formula is C8H7BrN2. The van der Waals surface area contributed by atoms with Crippen LogP contribution in [0.1, 0.15) is 16.1 Å². The maximum absolute atomic E-state index is 3.98. The minimum Gasteiger partial charge on any atom is -0.292 e. The molecule has 0 aromatic heterocycles. The van der Waals surface area contributed by atoms with E-state index < -0.39 is 0 Å². The minimum atomic E-state index is 0.156. The molecular weight excluding hydrogens is 204 g/mol. The van der Waals surface area contributed by atoms with Crippen LogP contribution in [-0.4, -0.2) is 6.21 Å². The number of nitrogens with one attached hydrogen (secondary N) is 1. The van der Waals surface area contributed by atoms with Gasteiger partial charge < -0.3 is 0 Å². The third-order valence-electron chi connectivity index (χ3n) is 1.66. The van der Waals surface area contributed by atoms with Gasteiger partial charge in [0.1, 0.15) is 4.95 Å². The molecule has 0 saturated carbocycles. The Morgan fingerprint density at radius 3 is 3.00 bits per heavy atom. The van der Waals surface area contributed by atoms with E-state index in [1.165, 1.54) is 11.1 Å². The second kappa shape index (κ2) is 2.66. The number of halogens is 1. The van der Waals surface area contributed by atoms with Crippen molar-refractivity contribution in [1.82, 2.24) is 5.43 Å². The number of rotatable bonds is 0. The number of hydrogen-bond acceptors (Lipinski definition) is 2. The van der Waals surface area contributed by atoms with E-state index in [1.54, 1.807) is 0 Å². The van der Waals surface area contributed by atoms with Gasteiger partial charge in [-0.05, 0) is 5.56 Å². The van der Waals surface area contributed by atoms with Crippen LogP contribution in [0.2, 0.25) is 0 Å². The van der Waals surface area contributed by atoms with Crippen molar-refractivity contribution in [2.24, 2.45) is 5.10 Å². The number of nitrogens with zero attached hydrogens (tertiary/aromatic N) is 1. The molecule has 1 unspecified atom stereocenters. The van der Waals surface area contributed by atoms with Crippen LogP contribution in [0.3, 0.4) is 0 Å². The van der Waals surface area contributed by atoms with Crippen molar-refractivity contribution in [3.8, 4) is 0 Å². The smallest absolute Gasteiger partial charge is 0.124 e. The molecule has 1 atom stereocenters. The molecule has 1 N–H and O–H groups in total. The first-order valence-electron chi connectivity index (χ1n) is 3.39. The largest absolute Gasteiger partial charge is 0.292 e. The maximum Gasteiger partial charge on any atom is 0.124 e. The van der Waals surface area contributed by atoms with Crippen molar-refractivity contribution in [3.63, 3.8) is 0 Å². The van der Waals surface area contributed by atoms with Gasteiger partial charge in [-0.1, -0.05) is 40.2 Å². The number of fused-ring (bicyclic) bond motifs is 1. The van der Waals surface area contributed by atoms with Gasteiger partial charge in [0.2, 0.25) is 0 Å². The van der Waals surface area contributed by atoms with Crippen LogP contribution in [0.4, 0.5) is 0 Å². The third kappa shape index (κ3) is 1.16. The van der Waals surface area contributed by atoms with Crippen molar-refractivity contribution in [2.45, 2.75) is 4.95 Å². The second-order valence-corrected chi connectivity index (χ2v) is 3.29. The summed E-state index contributed by atoms with van der Waals surface area (Å²) >= 11 is 3.46. The fraction of sp³-hybridized carbons (Fsp3) is 0.125. The molecule has 0 fully saturated rings.